The van der Waals surface area contributed by atoms with Crippen LogP contribution in [0, 0.1) is 6.92 Å². The molecule has 0 spiro atoms. The van der Waals surface area contributed by atoms with Crippen LogP contribution in [0.5, 0.6) is 0 Å². The summed E-state index contributed by atoms with van der Waals surface area (Å²) in [6, 6.07) is 10.3. The van der Waals surface area contributed by atoms with Crippen LogP contribution >= 0.6 is 0 Å². The molecule has 2 N–H and O–H groups in total. The standard InChI is InChI=1S/C17H20N4O/c1-12(21-8-7-18-13(21)2)9-17(22)19-11-15-10-14-5-3-4-6-16(14)20-15/h3-8,10,12,20H,9,11H2,1-2H3,(H,19,22). The van der Waals surface area contributed by atoms with Gasteiger partial charge < -0.3 is 14.9 Å². The highest BCUT2D eigenvalue weighted by atomic mass is 16.1. The number of H-pyrrole nitrogens is 1. The maximum atomic E-state index is 12.1. The van der Waals surface area contributed by atoms with E-state index in [1.165, 1.54) is 0 Å². The smallest absolute Gasteiger partial charge is 0.222 e. The number of fused-ring (bicyclic) bond motifs is 1. The van der Waals surface area contributed by atoms with E-state index in [1.807, 2.05) is 42.8 Å². The van der Waals surface area contributed by atoms with Crippen molar-refractivity contribution in [1.29, 1.82) is 0 Å². The molecule has 5 heteroatoms. The molecule has 1 unspecified atom stereocenters. The van der Waals surface area contributed by atoms with Gasteiger partial charge in [-0.05, 0) is 31.4 Å². The monoisotopic (exact) mass is 296 g/mol. The van der Waals surface area contributed by atoms with E-state index in [2.05, 4.69) is 27.4 Å². The quantitative estimate of drug-likeness (QED) is 0.760. The van der Waals surface area contributed by atoms with Crippen molar-refractivity contribution in [2.24, 2.45) is 0 Å². The molecule has 0 bridgehead atoms. The SMILES string of the molecule is Cc1nccn1C(C)CC(=O)NCc1cc2ccccc2[nH]1. The van der Waals surface area contributed by atoms with Crippen LogP contribution in [-0.2, 0) is 11.3 Å². The third kappa shape index (κ3) is 3.03. The molecule has 0 fully saturated rings. The van der Waals surface area contributed by atoms with Crippen LogP contribution in [0.25, 0.3) is 10.9 Å². The van der Waals surface area contributed by atoms with Crippen LogP contribution in [0.1, 0.15) is 30.9 Å². The number of carbonyl (C=O) groups excluding carboxylic acids is 1. The predicted molar refractivity (Wildman–Crippen MR) is 86.4 cm³/mol. The van der Waals surface area contributed by atoms with Crippen molar-refractivity contribution in [3.8, 4) is 0 Å². The number of hydrogen-bond acceptors (Lipinski definition) is 2. The van der Waals surface area contributed by atoms with Gasteiger partial charge in [0.1, 0.15) is 5.82 Å². The van der Waals surface area contributed by atoms with Crippen LogP contribution in [0.15, 0.2) is 42.7 Å². The van der Waals surface area contributed by atoms with Gasteiger partial charge in [-0.2, -0.15) is 0 Å². The van der Waals surface area contributed by atoms with Crippen LogP contribution in [-0.4, -0.2) is 20.4 Å². The Morgan fingerprint density at radius 3 is 2.95 bits per heavy atom. The van der Waals surface area contributed by atoms with E-state index in [-0.39, 0.29) is 11.9 Å². The van der Waals surface area contributed by atoms with Crippen LogP contribution in [0.4, 0.5) is 0 Å². The fourth-order valence-electron chi connectivity index (χ4n) is 2.71. The fourth-order valence-corrected chi connectivity index (χ4v) is 2.71. The summed E-state index contributed by atoms with van der Waals surface area (Å²) in [4.78, 5) is 19.6. The van der Waals surface area contributed by atoms with Gasteiger partial charge in [-0.25, -0.2) is 4.98 Å². The molecule has 2 heterocycles. The molecule has 3 aromatic rings. The molecule has 114 valence electrons. The molecule has 0 saturated carbocycles. The Balaban J connectivity index is 1.57. The van der Waals surface area contributed by atoms with Crippen molar-refractivity contribution in [3.05, 3.63) is 54.2 Å². The number of rotatable bonds is 5. The molecule has 0 radical (unpaired) electrons. The van der Waals surface area contributed by atoms with Crippen molar-refractivity contribution in [2.75, 3.05) is 0 Å². The lowest BCUT2D eigenvalue weighted by Crippen LogP contribution is -2.25. The minimum atomic E-state index is 0.0410. The first-order valence-electron chi connectivity index (χ1n) is 7.46. The molecular formula is C17H20N4O. The van der Waals surface area contributed by atoms with Gasteiger partial charge in [0.15, 0.2) is 0 Å². The van der Waals surface area contributed by atoms with Gasteiger partial charge in [0.05, 0.1) is 6.54 Å². The van der Waals surface area contributed by atoms with Gasteiger partial charge in [0.2, 0.25) is 5.91 Å². The zero-order chi connectivity index (χ0) is 15.5. The van der Waals surface area contributed by atoms with E-state index >= 15 is 0 Å². The number of aromatic amines is 1. The molecule has 0 saturated heterocycles. The maximum Gasteiger partial charge on any atom is 0.222 e. The third-order valence-electron chi connectivity index (χ3n) is 3.88. The highest BCUT2D eigenvalue weighted by Gasteiger charge is 2.12. The zero-order valence-corrected chi connectivity index (χ0v) is 12.8. The summed E-state index contributed by atoms with van der Waals surface area (Å²) in [5.41, 5.74) is 2.11. The van der Waals surface area contributed by atoms with Crippen molar-refractivity contribution in [1.82, 2.24) is 19.9 Å². The van der Waals surface area contributed by atoms with E-state index in [9.17, 15) is 4.79 Å². The lowest BCUT2D eigenvalue weighted by atomic mass is 10.2. The Morgan fingerprint density at radius 2 is 2.23 bits per heavy atom. The number of aryl methyl sites for hydroxylation is 1. The van der Waals surface area contributed by atoms with E-state index < -0.39 is 0 Å². The number of hydrogen-bond donors (Lipinski definition) is 2. The number of amides is 1. The summed E-state index contributed by atoms with van der Waals surface area (Å²) < 4.78 is 2.02. The molecular weight excluding hydrogens is 276 g/mol. The Hall–Kier alpha value is -2.56. The van der Waals surface area contributed by atoms with Gasteiger partial charge in [-0.1, -0.05) is 18.2 Å². The Bertz CT molecular complexity index is 754. The lowest BCUT2D eigenvalue weighted by Gasteiger charge is -2.14. The van der Waals surface area contributed by atoms with Crippen molar-refractivity contribution in [2.45, 2.75) is 32.9 Å². The second kappa shape index (κ2) is 6.05. The molecule has 3 rings (SSSR count). The summed E-state index contributed by atoms with van der Waals surface area (Å²) in [5, 5.41) is 4.13. The Kier molecular flexibility index (Phi) is 3.96. The first-order valence-corrected chi connectivity index (χ1v) is 7.46. The number of para-hydroxylation sites is 1. The highest BCUT2D eigenvalue weighted by Crippen LogP contribution is 2.15. The van der Waals surface area contributed by atoms with Gasteiger partial charge in [-0.3, -0.25) is 4.79 Å². The van der Waals surface area contributed by atoms with Gasteiger partial charge in [0.25, 0.3) is 0 Å². The van der Waals surface area contributed by atoms with Crippen molar-refractivity contribution in [3.63, 3.8) is 0 Å². The number of nitrogens with zero attached hydrogens (tertiary/aromatic N) is 2. The summed E-state index contributed by atoms with van der Waals surface area (Å²) >= 11 is 0. The summed E-state index contributed by atoms with van der Waals surface area (Å²) in [7, 11) is 0. The molecule has 1 atom stereocenters. The maximum absolute atomic E-state index is 12.1. The molecule has 0 aliphatic rings. The number of carbonyl (C=O) groups is 1. The van der Waals surface area contributed by atoms with Gasteiger partial charge in [0, 0.05) is 36.1 Å². The second-order valence-electron chi connectivity index (χ2n) is 5.59. The Labute approximate surface area is 129 Å². The average Bonchev–Trinajstić information content (AvgIpc) is 3.10. The van der Waals surface area contributed by atoms with Crippen LogP contribution < -0.4 is 5.32 Å². The minimum absolute atomic E-state index is 0.0410. The second-order valence-corrected chi connectivity index (χ2v) is 5.59. The number of benzene rings is 1. The molecule has 1 amide bonds. The molecule has 22 heavy (non-hydrogen) atoms. The molecule has 1 aromatic carbocycles. The first-order chi connectivity index (χ1) is 10.6. The van der Waals surface area contributed by atoms with E-state index in [0.29, 0.717) is 13.0 Å². The third-order valence-corrected chi connectivity index (χ3v) is 3.88. The zero-order valence-electron chi connectivity index (χ0n) is 12.8. The topological polar surface area (TPSA) is 62.7 Å². The Morgan fingerprint density at radius 1 is 1.41 bits per heavy atom. The number of aromatic nitrogens is 3. The van der Waals surface area contributed by atoms with E-state index in [0.717, 1.165) is 22.4 Å². The number of imidazole rings is 1. The van der Waals surface area contributed by atoms with Crippen molar-refractivity contribution < 1.29 is 4.79 Å². The summed E-state index contributed by atoms with van der Waals surface area (Å²) in [5.74, 6) is 0.968. The van der Waals surface area contributed by atoms with Gasteiger partial charge in [-0.15, -0.1) is 0 Å². The van der Waals surface area contributed by atoms with Gasteiger partial charge >= 0.3 is 0 Å². The number of nitrogens with one attached hydrogen (secondary N) is 2. The molecule has 2 aromatic heterocycles. The molecule has 0 aliphatic heterocycles. The van der Waals surface area contributed by atoms with E-state index in [1.54, 1.807) is 6.20 Å². The fraction of sp³-hybridized carbons (Fsp3) is 0.294. The van der Waals surface area contributed by atoms with Crippen LogP contribution in [0.3, 0.4) is 0 Å². The van der Waals surface area contributed by atoms with Crippen LogP contribution in [0.2, 0.25) is 0 Å². The largest absolute Gasteiger partial charge is 0.357 e. The summed E-state index contributed by atoms with van der Waals surface area (Å²) in [6.45, 7) is 4.49. The predicted octanol–water partition coefficient (Wildman–Crippen LogP) is 2.94. The van der Waals surface area contributed by atoms with E-state index in [4.69, 9.17) is 0 Å². The minimum Gasteiger partial charge on any atom is -0.357 e. The molecule has 0 aliphatic carbocycles. The normalized spacial score (nSPS) is 12.5. The average molecular weight is 296 g/mol. The first kappa shape index (κ1) is 14.4. The molecule has 5 nitrogen and oxygen atoms in total. The lowest BCUT2D eigenvalue weighted by molar-refractivity contribution is -0.121. The highest BCUT2D eigenvalue weighted by molar-refractivity contribution is 5.80. The summed E-state index contributed by atoms with van der Waals surface area (Å²) in [6.07, 6.45) is 4.11. The van der Waals surface area contributed by atoms with Crippen molar-refractivity contribution >= 4 is 16.8 Å².